The molecule has 0 fully saturated rings. The molecule has 7 heteroatoms. The Morgan fingerprint density at radius 3 is 2.54 bits per heavy atom. The predicted molar refractivity (Wildman–Crippen MR) is 110 cm³/mol. The largest absolute Gasteiger partial charge is 0.387 e. The number of aromatic nitrogens is 1. The van der Waals surface area contributed by atoms with Gasteiger partial charge in [0.25, 0.3) is 0 Å². The smallest absolute Gasteiger partial charge is 0.193 e. The van der Waals surface area contributed by atoms with E-state index in [2.05, 4.69) is 20.9 Å². The van der Waals surface area contributed by atoms with Crippen molar-refractivity contribution >= 4 is 41.5 Å². The number of hydrogen-bond donors (Lipinski definition) is 2. The van der Waals surface area contributed by atoms with Crippen molar-refractivity contribution in [1.82, 2.24) is 14.8 Å². The van der Waals surface area contributed by atoms with Crippen molar-refractivity contribution in [2.75, 3.05) is 20.6 Å². The Kier molecular flexibility index (Phi) is 8.58. The van der Waals surface area contributed by atoms with E-state index in [1.807, 2.05) is 43.4 Å². The summed E-state index contributed by atoms with van der Waals surface area (Å²) in [6.07, 6.45) is 1.40. The SMILES string of the molecule is CN=C(NCC(O)c1ccc(Cl)cc1)N(C)Cc1cccn1C.I. The Morgan fingerprint density at radius 1 is 1.33 bits per heavy atom. The maximum absolute atomic E-state index is 10.3. The molecular weight excluding hydrogens is 439 g/mol. The highest BCUT2D eigenvalue weighted by Gasteiger charge is 2.12. The number of aliphatic imine (C=N–C) groups is 1. The van der Waals surface area contributed by atoms with E-state index in [-0.39, 0.29) is 24.0 Å². The van der Waals surface area contributed by atoms with Gasteiger partial charge >= 0.3 is 0 Å². The highest BCUT2D eigenvalue weighted by Crippen LogP contribution is 2.15. The number of halogens is 2. The molecule has 1 atom stereocenters. The van der Waals surface area contributed by atoms with Gasteiger partial charge in [-0.1, -0.05) is 23.7 Å². The number of nitrogens with one attached hydrogen (secondary N) is 1. The molecule has 2 N–H and O–H groups in total. The number of nitrogens with zero attached hydrogens (tertiary/aromatic N) is 3. The van der Waals surface area contributed by atoms with Crippen LogP contribution in [0.15, 0.2) is 47.6 Å². The summed E-state index contributed by atoms with van der Waals surface area (Å²) >= 11 is 5.86. The van der Waals surface area contributed by atoms with E-state index in [4.69, 9.17) is 11.6 Å². The molecule has 1 aromatic heterocycles. The van der Waals surface area contributed by atoms with Crippen LogP contribution in [0.1, 0.15) is 17.4 Å². The fourth-order valence-electron chi connectivity index (χ4n) is 2.35. The highest BCUT2D eigenvalue weighted by molar-refractivity contribution is 14.0. The van der Waals surface area contributed by atoms with Gasteiger partial charge in [-0.2, -0.15) is 0 Å². The fraction of sp³-hybridized carbons (Fsp3) is 0.353. The lowest BCUT2D eigenvalue weighted by atomic mass is 10.1. The first-order valence-corrected chi connectivity index (χ1v) is 7.84. The molecule has 0 radical (unpaired) electrons. The van der Waals surface area contributed by atoms with Gasteiger partial charge in [-0.25, -0.2) is 0 Å². The van der Waals surface area contributed by atoms with Crippen LogP contribution in [0.25, 0.3) is 0 Å². The van der Waals surface area contributed by atoms with Gasteiger partial charge in [-0.05, 0) is 29.8 Å². The van der Waals surface area contributed by atoms with Gasteiger partial charge in [-0.3, -0.25) is 4.99 Å². The lowest BCUT2D eigenvalue weighted by Gasteiger charge is -2.23. The zero-order chi connectivity index (χ0) is 16.8. The van der Waals surface area contributed by atoms with Gasteiger partial charge in [0.05, 0.1) is 12.6 Å². The molecular formula is C17H24ClIN4O. The lowest BCUT2D eigenvalue weighted by Crippen LogP contribution is -2.40. The Morgan fingerprint density at radius 2 is 2.00 bits per heavy atom. The van der Waals surface area contributed by atoms with Crippen LogP contribution in [0.2, 0.25) is 5.02 Å². The van der Waals surface area contributed by atoms with Crippen molar-refractivity contribution in [2.24, 2.45) is 12.0 Å². The molecule has 1 aromatic carbocycles. The number of aliphatic hydroxyl groups excluding tert-OH is 1. The average molecular weight is 463 g/mol. The molecule has 0 amide bonds. The van der Waals surface area contributed by atoms with Gasteiger partial charge in [0.1, 0.15) is 0 Å². The zero-order valence-electron chi connectivity index (χ0n) is 14.1. The third-order valence-electron chi connectivity index (χ3n) is 3.73. The predicted octanol–water partition coefficient (Wildman–Crippen LogP) is 3.04. The first-order valence-electron chi connectivity index (χ1n) is 7.46. The van der Waals surface area contributed by atoms with Crippen molar-refractivity contribution in [3.63, 3.8) is 0 Å². The number of benzene rings is 1. The Bertz CT molecular complexity index is 657. The number of hydrogen-bond acceptors (Lipinski definition) is 2. The molecule has 0 aliphatic carbocycles. The standard InChI is InChI=1S/C17H23ClN4O.HI/c1-19-17(22(3)12-15-5-4-10-21(15)2)20-11-16(23)13-6-8-14(18)9-7-13;/h4-10,16,23H,11-12H2,1-3H3,(H,19,20);1H. The summed E-state index contributed by atoms with van der Waals surface area (Å²) in [4.78, 5) is 6.29. The second-order valence-corrected chi connectivity index (χ2v) is 5.90. The summed E-state index contributed by atoms with van der Waals surface area (Å²) in [5.41, 5.74) is 2.01. The van der Waals surface area contributed by atoms with Gasteiger partial charge in [-0.15, -0.1) is 24.0 Å². The topological polar surface area (TPSA) is 52.8 Å². The Balaban J connectivity index is 0.00000288. The Hall–Kier alpha value is -1.25. The second-order valence-electron chi connectivity index (χ2n) is 5.46. The first-order chi connectivity index (χ1) is 11.0. The molecule has 0 saturated heterocycles. The van der Waals surface area contributed by atoms with Crippen molar-refractivity contribution < 1.29 is 5.11 Å². The molecule has 1 unspecified atom stereocenters. The van der Waals surface area contributed by atoms with Gasteiger partial charge in [0.15, 0.2) is 5.96 Å². The van der Waals surface area contributed by atoms with E-state index in [0.29, 0.717) is 11.6 Å². The molecule has 0 saturated carbocycles. The van der Waals surface area contributed by atoms with E-state index < -0.39 is 6.10 Å². The van der Waals surface area contributed by atoms with Crippen LogP contribution < -0.4 is 5.32 Å². The van der Waals surface area contributed by atoms with Crippen molar-refractivity contribution in [2.45, 2.75) is 12.6 Å². The van der Waals surface area contributed by atoms with E-state index in [9.17, 15) is 5.11 Å². The molecule has 5 nitrogen and oxygen atoms in total. The minimum Gasteiger partial charge on any atom is -0.387 e. The summed E-state index contributed by atoms with van der Waals surface area (Å²) in [6.45, 7) is 1.12. The molecule has 2 aromatic rings. The third-order valence-corrected chi connectivity index (χ3v) is 3.98. The van der Waals surface area contributed by atoms with E-state index in [0.717, 1.165) is 18.1 Å². The molecule has 0 bridgehead atoms. The summed E-state index contributed by atoms with van der Waals surface area (Å²) in [5, 5.41) is 14.1. The number of aliphatic hydroxyl groups is 1. The summed E-state index contributed by atoms with van der Waals surface area (Å²) in [6, 6.07) is 11.3. The minimum atomic E-state index is -0.618. The number of rotatable bonds is 5. The minimum absolute atomic E-state index is 0. The first kappa shape index (κ1) is 20.8. The zero-order valence-corrected chi connectivity index (χ0v) is 17.2. The molecule has 24 heavy (non-hydrogen) atoms. The van der Waals surface area contributed by atoms with Crippen molar-refractivity contribution in [3.05, 3.63) is 58.9 Å². The van der Waals surface area contributed by atoms with Crippen LogP contribution in [0.4, 0.5) is 0 Å². The average Bonchev–Trinajstić information content (AvgIpc) is 2.93. The molecule has 0 aliphatic rings. The molecule has 0 spiro atoms. The van der Waals surface area contributed by atoms with Crippen LogP contribution in [0.3, 0.4) is 0 Å². The van der Waals surface area contributed by atoms with Crippen LogP contribution in [0, 0.1) is 0 Å². The molecule has 2 rings (SSSR count). The van der Waals surface area contributed by atoms with Crippen LogP contribution >= 0.6 is 35.6 Å². The van der Waals surface area contributed by atoms with E-state index >= 15 is 0 Å². The van der Waals surface area contributed by atoms with E-state index in [1.165, 1.54) is 5.69 Å². The van der Waals surface area contributed by atoms with Crippen molar-refractivity contribution in [3.8, 4) is 0 Å². The fourth-order valence-corrected chi connectivity index (χ4v) is 2.48. The van der Waals surface area contributed by atoms with Crippen LogP contribution in [0.5, 0.6) is 0 Å². The molecule has 0 aliphatic heterocycles. The summed E-state index contributed by atoms with van der Waals surface area (Å²) in [5.74, 6) is 0.735. The number of aryl methyl sites for hydroxylation is 1. The summed E-state index contributed by atoms with van der Waals surface area (Å²) < 4.78 is 2.08. The van der Waals surface area contributed by atoms with E-state index in [1.54, 1.807) is 19.2 Å². The van der Waals surface area contributed by atoms with Crippen molar-refractivity contribution in [1.29, 1.82) is 0 Å². The van der Waals surface area contributed by atoms with Crippen LogP contribution in [-0.2, 0) is 13.6 Å². The monoisotopic (exact) mass is 462 g/mol. The Labute approximate surface area is 165 Å². The number of guanidine groups is 1. The quantitative estimate of drug-likeness (QED) is 0.408. The molecule has 1 heterocycles. The van der Waals surface area contributed by atoms with Gasteiger partial charge in [0.2, 0.25) is 0 Å². The van der Waals surface area contributed by atoms with Crippen LogP contribution in [-0.4, -0.2) is 41.2 Å². The highest BCUT2D eigenvalue weighted by atomic mass is 127. The van der Waals surface area contributed by atoms with Gasteiger partial charge < -0.3 is 19.9 Å². The lowest BCUT2D eigenvalue weighted by molar-refractivity contribution is 0.179. The maximum atomic E-state index is 10.3. The van der Waals surface area contributed by atoms with Gasteiger partial charge in [0, 0.05) is 44.6 Å². The maximum Gasteiger partial charge on any atom is 0.193 e. The second kappa shape index (κ2) is 9.90. The summed E-state index contributed by atoms with van der Waals surface area (Å²) in [7, 11) is 5.72. The molecule has 132 valence electrons. The normalized spacial score (nSPS) is 12.5. The third kappa shape index (κ3) is 5.68.